The highest BCUT2D eigenvalue weighted by Gasteiger charge is 2.12. The number of rotatable bonds is 6. The fraction of sp³-hybridized carbons (Fsp3) is 0.571. The lowest BCUT2D eigenvalue weighted by Gasteiger charge is -2.17. The van der Waals surface area contributed by atoms with Crippen LogP contribution in [0.25, 0.3) is 0 Å². The van der Waals surface area contributed by atoms with Crippen molar-refractivity contribution in [1.82, 2.24) is 10.2 Å². The molecule has 4 heteroatoms. The second-order valence-corrected chi connectivity index (χ2v) is 5.06. The fourth-order valence-electron chi connectivity index (χ4n) is 2.33. The molecule has 3 nitrogen and oxygen atoms in total. The lowest BCUT2D eigenvalue weighted by molar-refractivity contribution is 0.236. The number of hydrogen-bond acceptors (Lipinski definition) is 3. The molecular weight excluding hydrogens is 248 g/mol. The fourth-order valence-corrected chi connectivity index (χ4v) is 2.58. The standard InChI is InChI=1S/C14H21ClN2O/c1-16-11-12-5-4-6-13(15)14(12)18-10-9-17-7-2-3-8-17/h4-6,16H,2-3,7-11H2,1H3. The Labute approximate surface area is 114 Å². The summed E-state index contributed by atoms with van der Waals surface area (Å²) in [6, 6.07) is 5.89. The van der Waals surface area contributed by atoms with E-state index in [-0.39, 0.29) is 0 Å². The van der Waals surface area contributed by atoms with Crippen LogP contribution in [0.4, 0.5) is 0 Å². The maximum absolute atomic E-state index is 6.19. The van der Waals surface area contributed by atoms with E-state index in [0.717, 1.165) is 24.4 Å². The molecule has 0 saturated carbocycles. The molecule has 1 aliphatic rings. The maximum Gasteiger partial charge on any atom is 0.142 e. The Kier molecular flexibility index (Phi) is 5.29. The molecule has 18 heavy (non-hydrogen) atoms. The first-order chi connectivity index (χ1) is 8.81. The minimum absolute atomic E-state index is 0.698. The summed E-state index contributed by atoms with van der Waals surface area (Å²) in [4.78, 5) is 2.44. The molecule has 1 N–H and O–H groups in total. The van der Waals surface area contributed by atoms with Gasteiger partial charge in [0, 0.05) is 18.7 Å². The molecule has 0 unspecified atom stereocenters. The number of nitrogens with one attached hydrogen (secondary N) is 1. The predicted octanol–water partition coefficient (Wildman–Crippen LogP) is 2.53. The van der Waals surface area contributed by atoms with Gasteiger partial charge in [0.05, 0.1) is 5.02 Å². The Balaban J connectivity index is 1.90. The number of para-hydroxylation sites is 1. The Bertz CT molecular complexity index is 378. The molecule has 1 aromatic carbocycles. The third kappa shape index (κ3) is 3.61. The van der Waals surface area contributed by atoms with Crippen LogP contribution in [0.1, 0.15) is 18.4 Å². The van der Waals surface area contributed by atoms with Crippen molar-refractivity contribution in [2.24, 2.45) is 0 Å². The van der Waals surface area contributed by atoms with Gasteiger partial charge in [0.1, 0.15) is 12.4 Å². The average molecular weight is 269 g/mol. The van der Waals surface area contributed by atoms with Gasteiger partial charge in [0.2, 0.25) is 0 Å². The van der Waals surface area contributed by atoms with Crippen molar-refractivity contribution in [2.75, 3.05) is 33.3 Å². The first-order valence-corrected chi connectivity index (χ1v) is 6.96. The minimum Gasteiger partial charge on any atom is -0.490 e. The molecule has 0 bridgehead atoms. The lowest BCUT2D eigenvalue weighted by atomic mass is 10.2. The van der Waals surface area contributed by atoms with E-state index in [1.807, 2.05) is 25.2 Å². The van der Waals surface area contributed by atoms with E-state index in [4.69, 9.17) is 16.3 Å². The molecule has 0 aromatic heterocycles. The monoisotopic (exact) mass is 268 g/mol. The molecule has 0 radical (unpaired) electrons. The van der Waals surface area contributed by atoms with E-state index >= 15 is 0 Å². The summed E-state index contributed by atoms with van der Waals surface area (Å²) in [5, 5.41) is 3.83. The maximum atomic E-state index is 6.19. The number of benzene rings is 1. The zero-order chi connectivity index (χ0) is 12.8. The van der Waals surface area contributed by atoms with E-state index in [9.17, 15) is 0 Å². The van der Waals surface area contributed by atoms with E-state index in [2.05, 4.69) is 10.2 Å². The second-order valence-electron chi connectivity index (χ2n) is 4.66. The van der Waals surface area contributed by atoms with Gasteiger partial charge in [-0.25, -0.2) is 0 Å². The highest BCUT2D eigenvalue weighted by Crippen LogP contribution is 2.28. The Morgan fingerprint density at radius 2 is 2.11 bits per heavy atom. The zero-order valence-electron chi connectivity index (χ0n) is 10.9. The quantitative estimate of drug-likeness (QED) is 0.858. The van der Waals surface area contributed by atoms with Crippen molar-refractivity contribution in [3.05, 3.63) is 28.8 Å². The average Bonchev–Trinajstić information content (AvgIpc) is 2.86. The van der Waals surface area contributed by atoms with Gasteiger partial charge >= 0.3 is 0 Å². The van der Waals surface area contributed by atoms with Crippen LogP contribution in [0.5, 0.6) is 5.75 Å². The topological polar surface area (TPSA) is 24.5 Å². The highest BCUT2D eigenvalue weighted by molar-refractivity contribution is 6.32. The third-order valence-corrected chi connectivity index (χ3v) is 3.57. The number of ether oxygens (including phenoxy) is 1. The molecule has 100 valence electrons. The van der Waals surface area contributed by atoms with Crippen LogP contribution in [0, 0.1) is 0 Å². The van der Waals surface area contributed by atoms with Crippen molar-refractivity contribution >= 4 is 11.6 Å². The van der Waals surface area contributed by atoms with Gasteiger partial charge in [-0.2, -0.15) is 0 Å². The van der Waals surface area contributed by atoms with Gasteiger partial charge in [0.15, 0.2) is 0 Å². The predicted molar refractivity (Wildman–Crippen MR) is 75.4 cm³/mol. The molecule has 1 heterocycles. The number of nitrogens with zero attached hydrogens (tertiary/aromatic N) is 1. The molecule has 1 aromatic rings. The summed E-state index contributed by atoms with van der Waals surface area (Å²) < 4.78 is 5.87. The summed E-state index contributed by atoms with van der Waals surface area (Å²) in [5.74, 6) is 0.827. The van der Waals surface area contributed by atoms with Crippen LogP contribution in [-0.4, -0.2) is 38.2 Å². The molecule has 0 spiro atoms. The highest BCUT2D eigenvalue weighted by atomic mass is 35.5. The minimum atomic E-state index is 0.698. The molecule has 2 rings (SSSR count). The van der Waals surface area contributed by atoms with Gasteiger partial charge in [-0.15, -0.1) is 0 Å². The van der Waals surface area contributed by atoms with Crippen LogP contribution < -0.4 is 10.1 Å². The first-order valence-electron chi connectivity index (χ1n) is 6.58. The van der Waals surface area contributed by atoms with E-state index in [1.165, 1.54) is 25.9 Å². The lowest BCUT2D eigenvalue weighted by Crippen LogP contribution is -2.25. The van der Waals surface area contributed by atoms with E-state index in [1.54, 1.807) is 0 Å². The van der Waals surface area contributed by atoms with Crippen LogP contribution in [0.2, 0.25) is 5.02 Å². The largest absolute Gasteiger partial charge is 0.490 e. The van der Waals surface area contributed by atoms with Crippen LogP contribution >= 0.6 is 11.6 Å². The SMILES string of the molecule is CNCc1cccc(Cl)c1OCCN1CCCC1. The molecule has 1 saturated heterocycles. The Morgan fingerprint density at radius 1 is 1.33 bits per heavy atom. The number of hydrogen-bond donors (Lipinski definition) is 1. The van der Waals surface area contributed by atoms with E-state index < -0.39 is 0 Å². The Hall–Kier alpha value is -0.770. The van der Waals surface area contributed by atoms with Gasteiger partial charge < -0.3 is 10.1 Å². The van der Waals surface area contributed by atoms with Gasteiger partial charge in [-0.05, 0) is 39.0 Å². The normalized spacial score (nSPS) is 16.1. The molecule has 0 aliphatic carbocycles. The van der Waals surface area contributed by atoms with Crippen molar-refractivity contribution < 1.29 is 4.74 Å². The van der Waals surface area contributed by atoms with Gasteiger partial charge in [0.25, 0.3) is 0 Å². The van der Waals surface area contributed by atoms with Crippen molar-refractivity contribution in [3.63, 3.8) is 0 Å². The summed E-state index contributed by atoms with van der Waals surface area (Å²) in [5.41, 5.74) is 1.12. The Morgan fingerprint density at radius 3 is 2.83 bits per heavy atom. The first kappa shape index (κ1) is 13.7. The summed E-state index contributed by atoms with van der Waals surface area (Å²) >= 11 is 6.19. The molecule has 1 fully saturated rings. The van der Waals surface area contributed by atoms with Crippen LogP contribution in [0.3, 0.4) is 0 Å². The van der Waals surface area contributed by atoms with Gasteiger partial charge in [-0.3, -0.25) is 4.90 Å². The second kappa shape index (κ2) is 6.98. The van der Waals surface area contributed by atoms with Gasteiger partial charge in [-0.1, -0.05) is 23.7 Å². The molecule has 0 atom stereocenters. The van der Waals surface area contributed by atoms with E-state index in [0.29, 0.717) is 11.6 Å². The zero-order valence-corrected chi connectivity index (χ0v) is 11.7. The smallest absolute Gasteiger partial charge is 0.142 e. The van der Waals surface area contributed by atoms with Crippen molar-refractivity contribution in [2.45, 2.75) is 19.4 Å². The third-order valence-electron chi connectivity index (χ3n) is 3.27. The number of likely N-dealkylation sites (tertiary alicyclic amines) is 1. The summed E-state index contributed by atoms with van der Waals surface area (Å²) in [6.07, 6.45) is 2.63. The number of halogens is 1. The summed E-state index contributed by atoms with van der Waals surface area (Å²) in [7, 11) is 1.93. The van der Waals surface area contributed by atoms with Crippen molar-refractivity contribution in [3.8, 4) is 5.75 Å². The molecule has 1 aliphatic heterocycles. The van der Waals surface area contributed by atoms with Crippen molar-refractivity contribution in [1.29, 1.82) is 0 Å². The molecular formula is C14H21ClN2O. The summed E-state index contributed by atoms with van der Waals surface area (Å²) in [6.45, 7) is 4.88. The van der Waals surface area contributed by atoms with Crippen LogP contribution in [0.15, 0.2) is 18.2 Å². The van der Waals surface area contributed by atoms with Crippen LogP contribution in [-0.2, 0) is 6.54 Å². The molecule has 0 amide bonds.